The van der Waals surface area contributed by atoms with Crippen LogP contribution < -0.4 is 9.44 Å². The maximum absolute atomic E-state index is 11.2. The van der Waals surface area contributed by atoms with Crippen molar-refractivity contribution in [2.75, 3.05) is 6.54 Å². The number of carbonyl (C=O) groups excluding carboxylic acids is 1. The molecule has 0 aromatic carbocycles. The van der Waals surface area contributed by atoms with Crippen LogP contribution >= 0.6 is 0 Å². The highest BCUT2D eigenvalue weighted by molar-refractivity contribution is 7.87. The minimum Gasteiger partial charge on any atom is -0.299 e. The van der Waals surface area contributed by atoms with Crippen LogP contribution in [0.5, 0.6) is 0 Å². The molecule has 0 spiro atoms. The number of carbonyl (C=O) groups is 1. The molecule has 0 aliphatic heterocycles. The van der Waals surface area contributed by atoms with E-state index in [2.05, 4.69) is 9.44 Å². The molecular formula is C7H16N2O3S. The van der Waals surface area contributed by atoms with E-state index in [9.17, 15) is 13.2 Å². The lowest BCUT2D eigenvalue weighted by Gasteiger charge is -2.20. The van der Waals surface area contributed by atoms with Crippen LogP contribution in [0.2, 0.25) is 0 Å². The molecule has 5 nitrogen and oxygen atoms in total. The molecule has 0 amide bonds. The first-order chi connectivity index (χ1) is 5.62. The highest BCUT2D eigenvalue weighted by Crippen LogP contribution is 1.99. The summed E-state index contributed by atoms with van der Waals surface area (Å²) in [4.78, 5) is 10.5. The van der Waals surface area contributed by atoms with Gasteiger partial charge in [-0.25, -0.2) is 0 Å². The van der Waals surface area contributed by atoms with E-state index < -0.39 is 15.7 Å². The minimum absolute atomic E-state index is 0.175. The summed E-state index contributed by atoms with van der Waals surface area (Å²) < 4.78 is 26.8. The van der Waals surface area contributed by atoms with E-state index in [1.165, 1.54) is 6.92 Å². The first kappa shape index (κ1) is 12.5. The number of hydrogen-bond acceptors (Lipinski definition) is 3. The molecule has 6 heteroatoms. The van der Waals surface area contributed by atoms with Gasteiger partial charge in [-0.15, -0.1) is 0 Å². The van der Waals surface area contributed by atoms with Gasteiger partial charge in [0.1, 0.15) is 5.78 Å². The fourth-order valence-electron chi connectivity index (χ4n) is 0.636. The number of hydrogen-bond donors (Lipinski definition) is 2. The summed E-state index contributed by atoms with van der Waals surface area (Å²) in [5, 5.41) is 0. The smallest absolute Gasteiger partial charge is 0.277 e. The Labute approximate surface area is 79.1 Å². The molecule has 13 heavy (non-hydrogen) atoms. The zero-order chi connectivity index (χ0) is 10.7. The first-order valence-corrected chi connectivity index (χ1v) is 5.39. The highest BCUT2D eigenvalue weighted by Gasteiger charge is 2.19. The molecule has 0 aromatic heterocycles. The zero-order valence-corrected chi connectivity index (χ0v) is 9.16. The summed E-state index contributed by atoms with van der Waals surface area (Å²) in [5.41, 5.74) is -0.539. The summed E-state index contributed by atoms with van der Waals surface area (Å²) >= 11 is 0. The number of ketones is 1. The van der Waals surface area contributed by atoms with E-state index in [1.807, 2.05) is 0 Å². The number of rotatable bonds is 4. The van der Waals surface area contributed by atoms with E-state index in [0.717, 1.165) is 0 Å². The molecule has 0 saturated carbocycles. The lowest BCUT2D eigenvalue weighted by molar-refractivity contribution is -0.115. The molecule has 0 radical (unpaired) electrons. The third-order valence-corrected chi connectivity index (χ3v) is 2.36. The van der Waals surface area contributed by atoms with E-state index >= 15 is 0 Å². The van der Waals surface area contributed by atoms with E-state index in [0.29, 0.717) is 0 Å². The molecule has 2 N–H and O–H groups in total. The second-order valence-electron chi connectivity index (χ2n) is 3.88. The quantitative estimate of drug-likeness (QED) is 0.671. The van der Waals surface area contributed by atoms with Crippen LogP contribution in [0.4, 0.5) is 0 Å². The van der Waals surface area contributed by atoms with Gasteiger partial charge in [0, 0.05) is 5.54 Å². The van der Waals surface area contributed by atoms with Crippen LogP contribution in [-0.4, -0.2) is 26.3 Å². The first-order valence-electron chi connectivity index (χ1n) is 3.90. The second kappa shape index (κ2) is 4.17. The molecule has 0 saturated heterocycles. The maximum atomic E-state index is 11.2. The average molecular weight is 208 g/mol. The van der Waals surface area contributed by atoms with Gasteiger partial charge < -0.3 is 0 Å². The predicted octanol–water partition coefficient (Wildman–Crippen LogP) is -0.202. The molecule has 0 unspecified atom stereocenters. The molecule has 0 rings (SSSR count). The Kier molecular flexibility index (Phi) is 4.02. The van der Waals surface area contributed by atoms with Gasteiger partial charge in [0.15, 0.2) is 0 Å². The molecule has 0 heterocycles. The highest BCUT2D eigenvalue weighted by atomic mass is 32.2. The van der Waals surface area contributed by atoms with Crippen LogP contribution in [0.3, 0.4) is 0 Å². The largest absolute Gasteiger partial charge is 0.299 e. The van der Waals surface area contributed by atoms with Crippen molar-refractivity contribution >= 4 is 16.0 Å². The molecule has 0 aliphatic carbocycles. The molecule has 78 valence electrons. The van der Waals surface area contributed by atoms with Gasteiger partial charge in [-0.3, -0.25) is 4.79 Å². The van der Waals surface area contributed by atoms with Crippen molar-refractivity contribution in [3.05, 3.63) is 0 Å². The van der Waals surface area contributed by atoms with Crippen molar-refractivity contribution in [2.45, 2.75) is 33.2 Å². The average Bonchev–Trinajstić information content (AvgIpc) is 1.78. The lowest BCUT2D eigenvalue weighted by atomic mass is 10.1. The zero-order valence-electron chi connectivity index (χ0n) is 8.34. The van der Waals surface area contributed by atoms with Crippen LogP contribution in [0.15, 0.2) is 0 Å². The monoisotopic (exact) mass is 208 g/mol. The van der Waals surface area contributed by atoms with Crippen LogP contribution in [0, 0.1) is 0 Å². The summed E-state index contributed by atoms with van der Waals surface area (Å²) in [6, 6.07) is 0. The molecular weight excluding hydrogens is 192 g/mol. The topological polar surface area (TPSA) is 75.3 Å². The Morgan fingerprint density at radius 2 is 1.77 bits per heavy atom. The third kappa shape index (κ3) is 7.89. The van der Waals surface area contributed by atoms with Gasteiger partial charge >= 0.3 is 0 Å². The number of nitrogens with one attached hydrogen (secondary N) is 2. The molecule has 0 aliphatic rings. The van der Waals surface area contributed by atoms with Gasteiger partial charge in [0.2, 0.25) is 0 Å². The third-order valence-electron chi connectivity index (χ3n) is 0.952. The maximum Gasteiger partial charge on any atom is 0.277 e. The fourth-order valence-corrected chi connectivity index (χ4v) is 1.91. The summed E-state index contributed by atoms with van der Waals surface area (Å²) in [5.74, 6) is -0.223. The van der Waals surface area contributed by atoms with Gasteiger partial charge in [-0.1, -0.05) is 0 Å². The molecule has 0 bridgehead atoms. The number of Topliss-reactive ketones (excluding diaryl/α,β-unsaturated/α-hetero) is 1. The summed E-state index contributed by atoms with van der Waals surface area (Å²) in [6.07, 6.45) is 0. The standard InChI is InChI=1S/C7H16N2O3S/c1-6(10)5-8-13(11,12)9-7(2,3)4/h8-9H,5H2,1-4H3. The Bertz CT molecular complexity index is 277. The fraction of sp³-hybridized carbons (Fsp3) is 0.857. The van der Waals surface area contributed by atoms with Crippen molar-refractivity contribution in [3.63, 3.8) is 0 Å². The van der Waals surface area contributed by atoms with Gasteiger partial charge in [0.05, 0.1) is 6.54 Å². The van der Waals surface area contributed by atoms with E-state index in [4.69, 9.17) is 0 Å². The summed E-state index contributed by atoms with van der Waals surface area (Å²) in [6.45, 7) is 6.31. The van der Waals surface area contributed by atoms with Gasteiger partial charge in [-0.05, 0) is 27.7 Å². The second-order valence-corrected chi connectivity index (χ2v) is 5.38. The molecule has 0 fully saturated rings. The van der Waals surface area contributed by atoms with Gasteiger partial charge in [-0.2, -0.15) is 17.9 Å². The van der Waals surface area contributed by atoms with Crippen molar-refractivity contribution in [1.29, 1.82) is 0 Å². The van der Waals surface area contributed by atoms with Gasteiger partial charge in [0.25, 0.3) is 10.2 Å². The van der Waals surface area contributed by atoms with E-state index in [1.54, 1.807) is 20.8 Å². The molecule has 0 aromatic rings. The molecule has 0 atom stereocenters. The Hall–Kier alpha value is -0.460. The van der Waals surface area contributed by atoms with E-state index in [-0.39, 0.29) is 12.3 Å². The Morgan fingerprint density at radius 1 is 1.31 bits per heavy atom. The van der Waals surface area contributed by atoms with Crippen molar-refractivity contribution in [1.82, 2.24) is 9.44 Å². The van der Waals surface area contributed by atoms with Crippen molar-refractivity contribution < 1.29 is 13.2 Å². The van der Waals surface area contributed by atoms with Crippen LogP contribution in [-0.2, 0) is 15.0 Å². The van der Waals surface area contributed by atoms with Crippen LogP contribution in [0.1, 0.15) is 27.7 Å². The summed E-state index contributed by atoms with van der Waals surface area (Å²) in [7, 11) is -3.56. The van der Waals surface area contributed by atoms with Crippen molar-refractivity contribution in [3.8, 4) is 0 Å². The Balaban J connectivity index is 4.19. The minimum atomic E-state index is -3.56. The SMILES string of the molecule is CC(=O)CNS(=O)(=O)NC(C)(C)C. The Morgan fingerprint density at radius 3 is 2.08 bits per heavy atom. The normalized spacial score (nSPS) is 12.9. The predicted molar refractivity (Wildman–Crippen MR) is 50.5 cm³/mol. The lowest BCUT2D eigenvalue weighted by Crippen LogP contribution is -2.47. The van der Waals surface area contributed by atoms with Crippen LogP contribution in [0.25, 0.3) is 0 Å². The van der Waals surface area contributed by atoms with Crippen molar-refractivity contribution in [2.24, 2.45) is 0 Å².